The summed E-state index contributed by atoms with van der Waals surface area (Å²) < 4.78 is 0. The molecule has 1 aliphatic heterocycles. The fourth-order valence-electron chi connectivity index (χ4n) is 2.76. The van der Waals surface area contributed by atoms with Crippen LogP contribution in [0.5, 0.6) is 0 Å². The maximum Gasteiger partial charge on any atom is 0.0201 e. The van der Waals surface area contributed by atoms with E-state index in [0.717, 1.165) is 23.8 Å². The molecule has 0 aromatic carbocycles. The summed E-state index contributed by atoms with van der Waals surface area (Å²) in [5.41, 5.74) is 0. The topological polar surface area (TPSA) is 12.0 Å². The Kier molecular flexibility index (Phi) is 7.55. The second-order valence-electron chi connectivity index (χ2n) is 5.20. The zero-order chi connectivity index (χ0) is 11.8. The lowest BCUT2D eigenvalue weighted by Gasteiger charge is -2.32. The van der Waals surface area contributed by atoms with E-state index in [1.54, 1.807) is 0 Å². The zero-order valence-electron chi connectivity index (χ0n) is 11.3. The van der Waals surface area contributed by atoms with Crippen molar-refractivity contribution < 1.29 is 0 Å². The van der Waals surface area contributed by atoms with Gasteiger partial charge in [0.05, 0.1) is 0 Å². The predicted molar refractivity (Wildman–Crippen MR) is 76.3 cm³/mol. The third-order valence-corrected chi connectivity index (χ3v) is 5.08. The van der Waals surface area contributed by atoms with Gasteiger partial charge >= 0.3 is 0 Å². The molecule has 3 atom stereocenters. The van der Waals surface area contributed by atoms with Crippen molar-refractivity contribution in [2.45, 2.75) is 70.6 Å². The number of rotatable bonds is 7. The fraction of sp³-hybridized carbons (Fsp3) is 1.00. The standard InChI is InChI=1S/C14H29NS/c1-4-8-12(3)11-13(15-5-2)14-9-6-7-10-16-14/h12-15H,4-11H2,1-3H3. The summed E-state index contributed by atoms with van der Waals surface area (Å²) >= 11 is 2.21. The molecule has 0 amide bonds. The number of hydrogen-bond acceptors (Lipinski definition) is 2. The number of thioether (sulfide) groups is 1. The molecule has 96 valence electrons. The van der Waals surface area contributed by atoms with Gasteiger partial charge in [0.1, 0.15) is 0 Å². The number of hydrogen-bond donors (Lipinski definition) is 1. The van der Waals surface area contributed by atoms with Crippen molar-refractivity contribution >= 4 is 11.8 Å². The van der Waals surface area contributed by atoms with E-state index in [9.17, 15) is 0 Å². The van der Waals surface area contributed by atoms with Crippen molar-refractivity contribution in [1.82, 2.24) is 5.32 Å². The molecular formula is C14H29NS. The molecule has 1 rings (SSSR count). The van der Waals surface area contributed by atoms with Gasteiger partial charge in [0, 0.05) is 11.3 Å². The van der Waals surface area contributed by atoms with Gasteiger partial charge in [0.15, 0.2) is 0 Å². The monoisotopic (exact) mass is 243 g/mol. The summed E-state index contributed by atoms with van der Waals surface area (Å²) in [6, 6.07) is 0.761. The average molecular weight is 243 g/mol. The molecule has 2 heteroatoms. The Morgan fingerprint density at radius 2 is 2.12 bits per heavy atom. The van der Waals surface area contributed by atoms with Crippen molar-refractivity contribution in [3.63, 3.8) is 0 Å². The average Bonchev–Trinajstić information content (AvgIpc) is 2.30. The third-order valence-electron chi connectivity index (χ3n) is 3.57. The maximum atomic E-state index is 3.72. The predicted octanol–water partition coefficient (Wildman–Crippen LogP) is 4.08. The molecule has 0 bridgehead atoms. The van der Waals surface area contributed by atoms with E-state index < -0.39 is 0 Å². The molecule has 0 aromatic heterocycles. The quantitative estimate of drug-likeness (QED) is 0.723. The Bertz CT molecular complexity index is 166. The van der Waals surface area contributed by atoms with E-state index in [-0.39, 0.29) is 0 Å². The first kappa shape index (κ1) is 14.4. The van der Waals surface area contributed by atoms with Crippen LogP contribution in [0, 0.1) is 5.92 Å². The second kappa shape index (κ2) is 8.41. The second-order valence-corrected chi connectivity index (χ2v) is 6.55. The highest BCUT2D eigenvalue weighted by molar-refractivity contribution is 8.00. The summed E-state index contributed by atoms with van der Waals surface area (Å²) in [6.45, 7) is 8.08. The lowest BCUT2D eigenvalue weighted by molar-refractivity contribution is 0.368. The van der Waals surface area contributed by atoms with E-state index in [1.807, 2.05) is 0 Å². The van der Waals surface area contributed by atoms with Gasteiger partial charge in [-0.3, -0.25) is 0 Å². The van der Waals surface area contributed by atoms with E-state index in [1.165, 1.54) is 44.3 Å². The van der Waals surface area contributed by atoms with E-state index in [0.29, 0.717) is 0 Å². The van der Waals surface area contributed by atoms with Crippen LogP contribution in [-0.4, -0.2) is 23.6 Å². The zero-order valence-corrected chi connectivity index (χ0v) is 12.1. The largest absolute Gasteiger partial charge is 0.313 e. The van der Waals surface area contributed by atoms with Crippen molar-refractivity contribution in [3.05, 3.63) is 0 Å². The molecule has 1 saturated heterocycles. The lowest BCUT2D eigenvalue weighted by atomic mass is 9.93. The molecule has 1 N–H and O–H groups in total. The van der Waals surface area contributed by atoms with Gasteiger partial charge in [-0.2, -0.15) is 11.8 Å². The Hall–Kier alpha value is 0.310. The van der Waals surface area contributed by atoms with Gasteiger partial charge in [-0.05, 0) is 37.5 Å². The van der Waals surface area contributed by atoms with Crippen molar-refractivity contribution in [1.29, 1.82) is 0 Å². The lowest BCUT2D eigenvalue weighted by Crippen LogP contribution is -2.40. The summed E-state index contributed by atoms with van der Waals surface area (Å²) in [6.07, 6.45) is 8.41. The minimum Gasteiger partial charge on any atom is -0.313 e. The van der Waals surface area contributed by atoms with Gasteiger partial charge in [-0.1, -0.05) is 40.0 Å². The molecule has 0 spiro atoms. The van der Waals surface area contributed by atoms with Crippen molar-refractivity contribution in [3.8, 4) is 0 Å². The van der Waals surface area contributed by atoms with Crippen LogP contribution in [0.2, 0.25) is 0 Å². The van der Waals surface area contributed by atoms with Crippen LogP contribution in [0.15, 0.2) is 0 Å². The molecule has 1 aliphatic rings. The fourth-order valence-corrected chi connectivity index (χ4v) is 4.20. The van der Waals surface area contributed by atoms with Gasteiger partial charge in [0.25, 0.3) is 0 Å². The van der Waals surface area contributed by atoms with Crippen LogP contribution < -0.4 is 5.32 Å². The number of nitrogens with one attached hydrogen (secondary N) is 1. The molecule has 0 saturated carbocycles. The molecular weight excluding hydrogens is 214 g/mol. The van der Waals surface area contributed by atoms with Crippen LogP contribution in [-0.2, 0) is 0 Å². The van der Waals surface area contributed by atoms with Gasteiger partial charge in [0.2, 0.25) is 0 Å². The first-order valence-electron chi connectivity index (χ1n) is 7.12. The molecule has 1 fully saturated rings. The molecule has 16 heavy (non-hydrogen) atoms. The van der Waals surface area contributed by atoms with Crippen LogP contribution in [0.25, 0.3) is 0 Å². The molecule has 1 heterocycles. The molecule has 3 unspecified atom stereocenters. The van der Waals surface area contributed by atoms with Gasteiger partial charge in [-0.25, -0.2) is 0 Å². The Balaban J connectivity index is 2.38. The first-order valence-corrected chi connectivity index (χ1v) is 8.17. The highest BCUT2D eigenvalue weighted by Gasteiger charge is 2.24. The van der Waals surface area contributed by atoms with Crippen LogP contribution in [0.1, 0.15) is 59.3 Å². The van der Waals surface area contributed by atoms with Crippen molar-refractivity contribution in [2.75, 3.05) is 12.3 Å². The Morgan fingerprint density at radius 3 is 2.69 bits per heavy atom. The highest BCUT2D eigenvalue weighted by atomic mass is 32.2. The van der Waals surface area contributed by atoms with Gasteiger partial charge in [-0.15, -0.1) is 0 Å². The Labute approximate surface area is 106 Å². The molecule has 0 aliphatic carbocycles. The van der Waals surface area contributed by atoms with Crippen LogP contribution in [0.3, 0.4) is 0 Å². The molecule has 0 aromatic rings. The molecule has 0 radical (unpaired) electrons. The van der Waals surface area contributed by atoms with E-state index >= 15 is 0 Å². The SMILES string of the molecule is CCCC(C)CC(NCC)C1CCCCS1. The van der Waals surface area contributed by atoms with Crippen LogP contribution in [0.4, 0.5) is 0 Å². The third kappa shape index (κ3) is 5.09. The summed E-state index contributed by atoms with van der Waals surface area (Å²) in [5, 5.41) is 4.60. The van der Waals surface area contributed by atoms with E-state index in [2.05, 4.69) is 37.8 Å². The maximum absolute atomic E-state index is 3.72. The van der Waals surface area contributed by atoms with Gasteiger partial charge < -0.3 is 5.32 Å². The Morgan fingerprint density at radius 1 is 1.31 bits per heavy atom. The summed E-state index contributed by atoms with van der Waals surface area (Å²) in [4.78, 5) is 0. The minimum atomic E-state index is 0.761. The molecule has 1 nitrogen and oxygen atoms in total. The highest BCUT2D eigenvalue weighted by Crippen LogP contribution is 2.30. The summed E-state index contributed by atoms with van der Waals surface area (Å²) in [7, 11) is 0. The normalized spacial score (nSPS) is 25.3. The van der Waals surface area contributed by atoms with Crippen LogP contribution >= 0.6 is 11.8 Å². The van der Waals surface area contributed by atoms with E-state index in [4.69, 9.17) is 0 Å². The van der Waals surface area contributed by atoms with Crippen molar-refractivity contribution in [2.24, 2.45) is 5.92 Å². The first-order chi connectivity index (χ1) is 7.77. The smallest absolute Gasteiger partial charge is 0.0201 e. The summed E-state index contributed by atoms with van der Waals surface area (Å²) in [5.74, 6) is 2.27. The minimum absolute atomic E-state index is 0.761.